The third-order valence-electron chi connectivity index (χ3n) is 6.73. The number of ether oxygens (including phenoxy) is 4. The van der Waals surface area contributed by atoms with E-state index in [4.69, 9.17) is 18.9 Å². The number of carbonyl (C=O) groups is 2. The summed E-state index contributed by atoms with van der Waals surface area (Å²) in [6, 6.07) is 13.2. The molecule has 5 N–H and O–H groups in total. The van der Waals surface area contributed by atoms with Gasteiger partial charge in [0, 0.05) is 28.8 Å². The highest BCUT2D eigenvalue weighted by molar-refractivity contribution is 6.06. The van der Waals surface area contributed by atoms with Gasteiger partial charge in [-0.1, -0.05) is 12.1 Å². The van der Waals surface area contributed by atoms with Crippen LogP contribution in [0.2, 0.25) is 0 Å². The smallest absolute Gasteiger partial charge is 0.341 e. The quantitative estimate of drug-likeness (QED) is 0.324. The van der Waals surface area contributed by atoms with Crippen molar-refractivity contribution in [2.24, 2.45) is 0 Å². The average Bonchev–Trinajstić information content (AvgIpc) is 3.17. The molecule has 0 bridgehead atoms. The lowest BCUT2D eigenvalue weighted by Gasteiger charge is -2.37. The van der Waals surface area contributed by atoms with E-state index >= 15 is 0 Å². The maximum absolute atomic E-state index is 13.1. The zero-order valence-electron chi connectivity index (χ0n) is 18.9. The summed E-state index contributed by atoms with van der Waals surface area (Å²) in [7, 11) is 0. The molecule has 5 atom stereocenters. The minimum Gasteiger partial charge on any atom is -0.508 e. The van der Waals surface area contributed by atoms with Gasteiger partial charge in [0.15, 0.2) is 5.60 Å². The monoisotopic (exact) mass is 508 g/mol. The zero-order valence-corrected chi connectivity index (χ0v) is 18.9. The maximum Gasteiger partial charge on any atom is 0.341 e. The van der Waals surface area contributed by atoms with Crippen molar-refractivity contribution in [2.45, 2.75) is 30.2 Å². The first-order chi connectivity index (χ1) is 17.7. The number of fused-ring (bicyclic) bond motifs is 6. The first kappa shape index (κ1) is 23.3. The summed E-state index contributed by atoms with van der Waals surface area (Å²) in [6.07, 6.45) is -5.54. The van der Waals surface area contributed by atoms with Gasteiger partial charge in [0.25, 0.3) is 0 Å². The summed E-state index contributed by atoms with van der Waals surface area (Å²) in [4.78, 5) is 25.0. The Balaban J connectivity index is 1.49. The largest absolute Gasteiger partial charge is 0.508 e. The fourth-order valence-electron chi connectivity index (χ4n) is 5.01. The van der Waals surface area contributed by atoms with Crippen molar-refractivity contribution < 1.29 is 54.1 Å². The molecule has 11 heteroatoms. The van der Waals surface area contributed by atoms with E-state index in [0.29, 0.717) is 16.7 Å². The first-order valence-electron chi connectivity index (χ1n) is 11.3. The van der Waals surface area contributed by atoms with Crippen molar-refractivity contribution in [3.8, 4) is 23.0 Å². The number of hydrogen-bond donors (Lipinski definition) is 5. The van der Waals surface area contributed by atoms with Gasteiger partial charge < -0.3 is 44.5 Å². The third-order valence-corrected chi connectivity index (χ3v) is 6.73. The van der Waals surface area contributed by atoms with E-state index in [1.54, 1.807) is 12.1 Å². The van der Waals surface area contributed by atoms with Crippen LogP contribution >= 0.6 is 0 Å². The topological polar surface area (TPSA) is 172 Å². The Bertz CT molecular complexity index is 1450. The van der Waals surface area contributed by atoms with Gasteiger partial charge in [-0.3, -0.25) is 0 Å². The molecule has 6 rings (SSSR count). The highest BCUT2D eigenvalue weighted by Crippen LogP contribution is 2.57. The van der Waals surface area contributed by atoms with Crippen LogP contribution in [0.3, 0.4) is 0 Å². The fourth-order valence-corrected chi connectivity index (χ4v) is 5.01. The highest BCUT2D eigenvalue weighted by atomic mass is 16.7. The van der Waals surface area contributed by atoms with Crippen LogP contribution in [0.25, 0.3) is 0 Å². The molecular formula is C26H20O11. The number of hydrogen-bond acceptors (Lipinski definition) is 10. The molecule has 0 saturated carbocycles. The molecule has 1 unspecified atom stereocenters. The number of aliphatic hydroxyl groups excluding tert-OH is 3. The molecule has 0 aromatic heterocycles. The molecule has 3 aliphatic heterocycles. The molecule has 3 aliphatic rings. The second kappa shape index (κ2) is 8.18. The molecule has 1 fully saturated rings. The minimum atomic E-state index is -1.58. The molecule has 3 heterocycles. The Hall–Kier alpha value is -4.16. The second-order valence-electron chi connectivity index (χ2n) is 8.91. The summed E-state index contributed by atoms with van der Waals surface area (Å²) in [5.41, 5.74) is -0.831. The Labute approximate surface area is 208 Å². The number of aromatic hydroxyl groups is 1. The van der Waals surface area contributed by atoms with E-state index in [1.807, 2.05) is 0 Å². The van der Waals surface area contributed by atoms with Gasteiger partial charge in [-0.15, -0.1) is 0 Å². The number of carboxylic acids is 1. The Kier molecular flexibility index (Phi) is 5.14. The Morgan fingerprint density at radius 3 is 2.43 bits per heavy atom. The summed E-state index contributed by atoms with van der Waals surface area (Å²) >= 11 is 0. The molecule has 11 nitrogen and oxygen atoms in total. The third kappa shape index (κ3) is 3.36. The predicted octanol–water partition coefficient (Wildman–Crippen LogP) is 1.48. The van der Waals surface area contributed by atoms with E-state index in [1.165, 1.54) is 42.5 Å². The van der Waals surface area contributed by atoms with Gasteiger partial charge in [-0.05, 0) is 30.3 Å². The summed E-state index contributed by atoms with van der Waals surface area (Å²) in [5.74, 6) is -1.73. The summed E-state index contributed by atoms with van der Waals surface area (Å²) in [5, 5.41) is 49.6. The highest BCUT2D eigenvalue weighted by Gasteiger charge is 2.54. The summed E-state index contributed by atoms with van der Waals surface area (Å²) < 4.78 is 23.0. The minimum absolute atomic E-state index is 0.0894. The number of aliphatic hydroxyl groups is 3. The first-order valence-corrected chi connectivity index (χ1v) is 11.3. The lowest BCUT2D eigenvalue weighted by Crippen LogP contribution is -2.54. The molecule has 190 valence electrons. The molecule has 3 aromatic rings. The lowest BCUT2D eigenvalue weighted by molar-refractivity contribution is -0.242. The Morgan fingerprint density at radius 2 is 1.68 bits per heavy atom. The van der Waals surface area contributed by atoms with Crippen molar-refractivity contribution >= 4 is 11.9 Å². The standard InChI is InChI=1S/C26H20O11/c27-11-4-6-14-18(8-11)36-19-9-12(35-25-22(30)21(29)17(28)10-34-25)5-7-15(19)26(14)16-3-1-2-13(23(31)32)20(16)24(33)37-26/h1-9,17,21-22,25,27-30H,10H2,(H,31,32)/t17-,21-,22+,25-,26?/m0/s1. The van der Waals surface area contributed by atoms with Gasteiger partial charge >= 0.3 is 11.9 Å². The molecular weight excluding hydrogens is 488 g/mol. The molecule has 0 amide bonds. The fraction of sp³-hybridized carbons (Fsp3) is 0.231. The number of aromatic carboxylic acids is 1. The van der Waals surface area contributed by atoms with Gasteiger partial charge in [-0.2, -0.15) is 0 Å². The van der Waals surface area contributed by atoms with Crippen molar-refractivity contribution in [1.29, 1.82) is 0 Å². The van der Waals surface area contributed by atoms with Crippen LogP contribution in [0, 0.1) is 0 Å². The zero-order chi connectivity index (χ0) is 26.1. The number of esters is 1. The maximum atomic E-state index is 13.1. The normalized spacial score (nSPS) is 27.5. The number of phenols is 1. The van der Waals surface area contributed by atoms with Crippen LogP contribution in [0.1, 0.15) is 37.4 Å². The predicted molar refractivity (Wildman–Crippen MR) is 122 cm³/mol. The van der Waals surface area contributed by atoms with E-state index in [2.05, 4.69) is 0 Å². The lowest BCUT2D eigenvalue weighted by atomic mass is 9.77. The molecule has 3 aromatic carbocycles. The SMILES string of the molecule is O=C(O)c1cccc2c1C(=O)OC21c2ccc(O)cc2Oc2cc(O[C@@H]3OC[C@H](O)[C@H](O)[C@H]3O)ccc21. The molecule has 0 radical (unpaired) electrons. The van der Waals surface area contributed by atoms with E-state index < -0.39 is 42.1 Å². The van der Waals surface area contributed by atoms with Crippen molar-refractivity contribution in [3.05, 3.63) is 82.4 Å². The van der Waals surface area contributed by atoms with Crippen LogP contribution in [0.15, 0.2) is 54.6 Å². The molecule has 37 heavy (non-hydrogen) atoms. The average molecular weight is 508 g/mol. The van der Waals surface area contributed by atoms with Crippen LogP contribution in [0.5, 0.6) is 23.0 Å². The number of carbonyl (C=O) groups excluding carboxylic acids is 1. The molecule has 0 aliphatic carbocycles. The van der Waals surface area contributed by atoms with Gasteiger partial charge in [0.05, 0.1) is 17.7 Å². The van der Waals surface area contributed by atoms with E-state index in [0.717, 1.165) is 0 Å². The Morgan fingerprint density at radius 1 is 0.946 bits per heavy atom. The number of carboxylic acid groups (broad SMARTS) is 1. The van der Waals surface area contributed by atoms with Crippen molar-refractivity contribution in [1.82, 2.24) is 0 Å². The van der Waals surface area contributed by atoms with Crippen LogP contribution in [0.4, 0.5) is 0 Å². The van der Waals surface area contributed by atoms with Gasteiger partial charge in [0.1, 0.15) is 41.3 Å². The molecule has 1 saturated heterocycles. The number of phenolic OH excluding ortho intramolecular Hbond substituents is 1. The van der Waals surface area contributed by atoms with Crippen LogP contribution < -0.4 is 9.47 Å². The van der Waals surface area contributed by atoms with E-state index in [-0.39, 0.29) is 40.7 Å². The van der Waals surface area contributed by atoms with Crippen molar-refractivity contribution in [3.63, 3.8) is 0 Å². The second-order valence-corrected chi connectivity index (χ2v) is 8.91. The number of benzene rings is 3. The van der Waals surface area contributed by atoms with Crippen LogP contribution in [-0.2, 0) is 15.1 Å². The van der Waals surface area contributed by atoms with Gasteiger partial charge in [-0.25, -0.2) is 9.59 Å². The van der Waals surface area contributed by atoms with Crippen LogP contribution in [-0.4, -0.2) is 68.7 Å². The summed E-state index contributed by atoms with van der Waals surface area (Å²) in [6.45, 7) is -0.251. The number of rotatable bonds is 3. The van der Waals surface area contributed by atoms with Gasteiger partial charge in [0.2, 0.25) is 6.29 Å². The van der Waals surface area contributed by atoms with Crippen molar-refractivity contribution in [2.75, 3.05) is 6.61 Å². The molecule has 1 spiro atoms. The van der Waals surface area contributed by atoms with E-state index in [9.17, 15) is 35.1 Å².